The van der Waals surface area contributed by atoms with Gasteiger partial charge in [0.15, 0.2) is 0 Å². The van der Waals surface area contributed by atoms with Crippen LogP contribution < -0.4 is 5.73 Å². The Morgan fingerprint density at radius 2 is 1.89 bits per heavy atom. The van der Waals surface area contributed by atoms with E-state index in [0.29, 0.717) is 6.54 Å². The number of rotatable bonds is 7. The van der Waals surface area contributed by atoms with Crippen molar-refractivity contribution >= 4 is 0 Å². The van der Waals surface area contributed by atoms with Crippen LogP contribution >= 0.6 is 0 Å². The number of aliphatic hydroxyl groups is 1. The minimum atomic E-state index is -0.244. The van der Waals surface area contributed by atoms with Crippen LogP contribution in [0.4, 0.5) is 4.39 Å². The van der Waals surface area contributed by atoms with E-state index in [9.17, 15) is 4.39 Å². The third kappa shape index (κ3) is 4.05. The molecular weight excluding hydrogens is 231 g/mol. The topological polar surface area (TPSA) is 49.5 Å². The molecule has 0 saturated heterocycles. The van der Waals surface area contributed by atoms with Gasteiger partial charge in [-0.2, -0.15) is 0 Å². The van der Waals surface area contributed by atoms with Crippen molar-refractivity contribution in [3.05, 3.63) is 35.6 Å². The zero-order valence-corrected chi connectivity index (χ0v) is 11.1. The summed E-state index contributed by atoms with van der Waals surface area (Å²) >= 11 is 0. The van der Waals surface area contributed by atoms with Crippen LogP contribution in [0.2, 0.25) is 0 Å². The normalized spacial score (nSPS) is 14.8. The molecule has 0 radical (unpaired) electrons. The van der Waals surface area contributed by atoms with Crippen molar-refractivity contribution in [1.29, 1.82) is 0 Å². The predicted molar refractivity (Wildman–Crippen MR) is 71.7 cm³/mol. The fourth-order valence-electron chi connectivity index (χ4n) is 2.31. The van der Waals surface area contributed by atoms with Crippen LogP contribution in [-0.4, -0.2) is 35.7 Å². The van der Waals surface area contributed by atoms with Gasteiger partial charge >= 0.3 is 0 Å². The van der Waals surface area contributed by atoms with E-state index < -0.39 is 0 Å². The summed E-state index contributed by atoms with van der Waals surface area (Å²) in [6.45, 7) is 5.58. The van der Waals surface area contributed by atoms with Gasteiger partial charge in [-0.25, -0.2) is 4.39 Å². The van der Waals surface area contributed by atoms with Crippen molar-refractivity contribution in [3.8, 4) is 0 Å². The molecular formula is C14H23FN2O. The molecule has 3 N–H and O–H groups in total. The van der Waals surface area contributed by atoms with Crippen molar-refractivity contribution in [3.63, 3.8) is 0 Å². The van der Waals surface area contributed by atoms with E-state index in [0.717, 1.165) is 18.5 Å². The third-order valence-corrected chi connectivity index (χ3v) is 3.00. The number of hydrogen-bond acceptors (Lipinski definition) is 3. The lowest BCUT2D eigenvalue weighted by Crippen LogP contribution is -2.41. The molecule has 0 aliphatic rings. The lowest BCUT2D eigenvalue weighted by Gasteiger charge is -2.34. The van der Waals surface area contributed by atoms with Gasteiger partial charge in [0, 0.05) is 18.6 Å². The largest absolute Gasteiger partial charge is 0.395 e. The zero-order valence-electron chi connectivity index (χ0n) is 11.1. The predicted octanol–water partition coefficient (Wildman–Crippen LogP) is 1.92. The second-order valence-corrected chi connectivity index (χ2v) is 4.62. The maximum absolute atomic E-state index is 13.0. The molecule has 0 fully saturated rings. The molecule has 1 aromatic carbocycles. The summed E-state index contributed by atoms with van der Waals surface area (Å²) in [5, 5.41) is 9.14. The van der Waals surface area contributed by atoms with Gasteiger partial charge in [0.2, 0.25) is 0 Å². The monoisotopic (exact) mass is 254 g/mol. The number of halogens is 1. The summed E-state index contributed by atoms with van der Waals surface area (Å²) in [5.41, 5.74) is 7.04. The van der Waals surface area contributed by atoms with Crippen LogP contribution in [0.5, 0.6) is 0 Å². The number of nitrogens with zero attached hydrogens (tertiary/aromatic N) is 1. The Bertz CT molecular complexity index is 334. The first-order chi connectivity index (χ1) is 8.60. The molecule has 0 spiro atoms. The number of aliphatic hydroxyl groups excluding tert-OH is 1. The van der Waals surface area contributed by atoms with Gasteiger partial charge in [-0.3, -0.25) is 4.90 Å². The number of hydrogen-bond donors (Lipinski definition) is 2. The SMILES string of the molecule is CCCN(CCO)C(c1ccc(F)cc1)C(C)N. The van der Waals surface area contributed by atoms with Gasteiger partial charge in [-0.05, 0) is 37.6 Å². The first-order valence-electron chi connectivity index (χ1n) is 6.46. The van der Waals surface area contributed by atoms with Gasteiger partial charge in [-0.15, -0.1) is 0 Å². The Morgan fingerprint density at radius 3 is 2.33 bits per heavy atom. The average Bonchev–Trinajstić information content (AvgIpc) is 2.32. The van der Waals surface area contributed by atoms with Gasteiger partial charge < -0.3 is 10.8 Å². The Kier molecular flexibility index (Phi) is 6.25. The molecule has 0 saturated carbocycles. The lowest BCUT2D eigenvalue weighted by atomic mass is 9.99. The maximum Gasteiger partial charge on any atom is 0.123 e. The molecule has 0 amide bonds. The fourth-order valence-corrected chi connectivity index (χ4v) is 2.31. The van der Waals surface area contributed by atoms with E-state index in [1.165, 1.54) is 12.1 Å². The summed E-state index contributed by atoms with van der Waals surface area (Å²) in [6, 6.07) is 6.38. The van der Waals surface area contributed by atoms with Crippen molar-refractivity contribution in [1.82, 2.24) is 4.90 Å². The van der Waals surface area contributed by atoms with Gasteiger partial charge in [0.1, 0.15) is 5.82 Å². The van der Waals surface area contributed by atoms with Crippen molar-refractivity contribution in [2.75, 3.05) is 19.7 Å². The highest BCUT2D eigenvalue weighted by atomic mass is 19.1. The van der Waals surface area contributed by atoms with E-state index in [1.807, 2.05) is 6.92 Å². The molecule has 4 heteroatoms. The smallest absolute Gasteiger partial charge is 0.123 e. The van der Waals surface area contributed by atoms with E-state index >= 15 is 0 Å². The van der Waals surface area contributed by atoms with Crippen LogP contribution in [0, 0.1) is 5.82 Å². The van der Waals surface area contributed by atoms with E-state index in [4.69, 9.17) is 10.8 Å². The summed E-state index contributed by atoms with van der Waals surface area (Å²) in [4.78, 5) is 2.15. The molecule has 3 nitrogen and oxygen atoms in total. The molecule has 1 rings (SSSR count). The van der Waals surface area contributed by atoms with E-state index in [-0.39, 0.29) is 24.5 Å². The summed E-state index contributed by atoms with van der Waals surface area (Å²) in [6.07, 6.45) is 0.990. The minimum Gasteiger partial charge on any atom is -0.395 e. The fraction of sp³-hybridized carbons (Fsp3) is 0.571. The Balaban J connectivity index is 2.95. The first kappa shape index (κ1) is 15.1. The number of nitrogens with two attached hydrogens (primary N) is 1. The second-order valence-electron chi connectivity index (χ2n) is 4.62. The maximum atomic E-state index is 13.0. The van der Waals surface area contributed by atoms with Gasteiger partial charge in [-0.1, -0.05) is 19.1 Å². The lowest BCUT2D eigenvalue weighted by molar-refractivity contribution is 0.137. The molecule has 2 atom stereocenters. The van der Waals surface area contributed by atoms with Crippen LogP contribution in [0.25, 0.3) is 0 Å². The summed E-state index contributed by atoms with van der Waals surface area (Å²) in [5.74, 6) is -0.244. The van der Waals surface area contributed by atoms with Crippen LogP contribution in [0.15, 0.2) is 24.3 Å². The van der Waals surface area contributed by atoms with Crippen LogP contribution in [-0.2, 0) is 0 Å². The molecule has 0 bridgehead atoms. The molecule has 1 aromatic rings. The van der Waals surface area contributed by atoms with Gasteiger partial charge in [0.05, 0.1) is 6.61 Å². The molecule has 102 valence electrons. The highest BCUT2D eigenvalue weighted by Crippen LogP contribution is 2.23. The first-order valence-corrected chi connectivity index (χ1v) is 6.46. The number of benzene rings is 1. The minimum absolute atomic E-state index is 0.0118. The van der Waals surface area contributed by atoms with Crippen LogP contribution in [0.3, 0.4) is 0 Å². The quantitative estimate of drug-likeness (QED) is 0.781. The molecule has 0 aliphatic heterocycles. The second kappa shape index (κ2) is 7.46. The molecule has 0 aromatic heterocycles. The highest BCUT2D eigenvalue weighted by molar-refractivity contribution is 5.21. The Labute approximate surface area is 108 Å². The summed E-state index contributed by atoms with van der Waals surface area (Å²) < 4.78 is 13.0. The Hall–Kier alpha value is -0.970. The third-order valence-electron chi connectivity index (χ3n) is 3.00. The molecule has 18 heavy (non-hydrogen) atoms. The van der Waals surface area contributed by atoms with Crippen molar-refractivity contribution < 1.29 is 9.50 Å². The van der Waals surface area contributed by atoms with E-state index in [1.54, 1.807) is 12.1 Å². The molecule has 0 aliphatic carbocycles. The van der Waals surface area contributed by atoms with Crippen LogP contribution in [0.1, 0.15) is 31.9 Å². The molecule has 0 heterocycles. The van der Waals surface area contributed by atoms with Crippen molar-refractivity contribution in [2.24, 2.45) is 5.73 Å². The average molecular weight is 254 g/mol. The van der Waals surface area contributed by atoms with Gasteiger partial charge in [0.25, 0.3) is 0 Å². The van der Waals surface area contributed by atoms with E-state index in [2.05, 4.69) is 11.8 Å². The highest BCUT2D eigenvalue weighted by Gasteiger charge is 2.23. The summed E-state index contributed by atoms with van der Waals surface area (Å²) in [7, 11) is 0. The Morgan fingerprint density at radius 1 is 1.28 bits per heavy atom. The zero-order chi connectivity index (χ0) is 13.5. The standard InChI is InChI=1S/C14H23FN2O/c1-3-8-17(9-10-18)14(11(2)16)12-4-6-13(15)7-5-12/h4-7,11,14,18H,3,8-10,16H2,1-2H3. The molecule has 2 unspecified atom stereocenters. The van der Waals surface area contributed by atoms with Crippen molar-refractivity contribution in [2.45, 2.75) is 32.4 Å².